The van der Waals surface area contributed by atoms with Crippen molar-refractivity contribution in [2.75, 3.05) is 7.11 Å². The van der Waals surface area contributed by atoms with Crippen molar-refractivity contribution < 1.29 is 14.3 Å². The van der Waals surface area contributed by atoms with E-state index in [1.807, 2.05) is 13.8 Å². The van der Waals surface area contributed by atoms with Crippen LogP contribution in [0.2, 0.25) is 0 Å². The summed E-state index contributed by atoms with van der Waals surface area (Å²) in [5.41, 5.74) is 0.955. The monoisotopic (exact) mass is 206 g/mol. The topological polar surface area (TPSA) is 43.4 Å². The van der Waals surface area contributed by atoms with Crippen LogP contribution in [0.4, 0.5) is 0 Å². The largest absolute Gasteiger partial charge is 0.465 e. The summed E-state index contributed by atoms with van der Waals surface area (Å²) in [7, 11) is 1.32. The molecule has 0 aliphatic carbocycles. The smallest absolute Gasteiger partial charge is 0.337 e. The van der Waals surface area contributed by atoms with Gasteiger partial charge in [0.25, 0.3) is 0 Å². The van der Waals surface area contributed by atoms with E-state index in [0.29, 0.717) is 11.1 Å². The Morgan fingerprint density at radius 1 is 1.20 bits per heavy atom. The van der Waals surface area contributed by atoms with Crippen LogP contribution in [-0.4, -0.2) is 18.9 Å². The third kappa shape index (κ3) is 2.65. The highest BCUT2D eigenvalue weighted by molar-refractivity contribution is 6.00. The van der Waals surface area contributed by atoms with Crippen LogP contribution < -0.4 is 0 Å². The van der Waals surface area contributed by atoms with E-state index in [9.17, 15) is 9.59 Å². The van der Waals surface area contributed by atoms with Gasteiger partial charge >= 0.3 is 5.97 Å². The molecule has 0 radical (unpaired) electrons. The number of rotatable bonds is 3. The predicted molar refractivity (Wildman–Crippen MR) is 57.0 cm³/mol. The van der Waals surface area contributed by atoms with Gasteiger partial charge in [0.05, 0.1) is 12.7 Å². The van der Waals surface area contributed by atoms with Gasteiger partial charge in [-0.15, -0.1) is 0 Å². The van der Waals surface area contributed by atoms with Gasteiger partial charge in [-0.25, -0.2) is 4.79 Å². The van der Waals surface area contributed by atoms with Gasteiger partial charge in [0.15, 0.2) is 5.78 Å². The minimum Gasteiger partial charge on any atom is -0.465 e. The minimum absolute atomic E-state index is 0.0285. The second-order valence-corrected chi connectivity index (χ2v) is 3.59. The first-order valence-corrected chi connectivity index (χ1v) is 4.79. The molecule has 0 unspecified atom stereocenters. The molecule has 0 fully saturated rings. The summed E-state index contributed by atoms with van der Waals surface area (Å²) in [5.74, 6) is -0.466. The van der Waals surface area contributed by atoms with Crippen molar-refractivity contribution in [1.82, 2.24) is 0 Å². The zero-order valence-corrected chi connectivity index (χ0v) is 9.11. The first-order chi connectivity index (χ1) is 7.06. The molecule has 0 aliphatic heterocycles. The number of ether oxygens (including phenoxy) is 1. The maximum atomic E-state index is 11.7. The second-order valence-electron chi connectivity index (χ2n) is 3.59. The second kappa shape index (κ2) is 4.73. The standard InChI is InChI=1S/C12H14O3/c1-8(2)11(13)9-5-4-6-10(7-9)12(14)15-3/h4-8H,1-3H3. The Hall–Kier alpha value is -1.64. The molecule has 0 saturated carbocycles. The van der Waals surface area contributed by atoms with Gasteiger partial charge in [0.1, 0.15) is 0 Å². The highest BCUT2D eigenvalue weighted by atomic mass is 16.5. The Morgan fingerprint density at radius 2 is 1.80 bits per heavy atom. The number of ketones is 1. The van der Waals surface area contributed by atoms with Gasteiger partial charge < -0.3 is 4.74 Å². The molecular formula is C12H14O3. The molecule has 0 aromatic heterocycles. The number of hydrogen-bond donors (Lipinski definition) is 0. The Kier molecular flexibility index (Phi) is 3.61. The highest BCUT2D eigenvalue weighted by Crippen LogP contribution is 2.11. The number of benzene rings is 1. The van der Waals surface area contributed by atoms with E-state index in [1.54, 1.807) is 24.3 Å². The zero-order valence-electron chi connectivity index (χ0n) is 9.11. The van der Waals surface area contributed by atoms with Crippen LogP contribution in [0, 0.1) is 5.92 Å². The van der Waals surface area contributed by atoms with E-state index in [-0.39, 0.29) is 11.7 Å². The average Bonchev–Trinajstić information content (AvgIpc) is 2.27. The first-order valence-electron chi connectivity index (χ1n) is 4.79. The Bertz CT molecular complexity index is 380. The molecule has 0 atom stereocenters. The Labute approximate surface area is 89.1 Å². The van der Waals surface area contributed by atoms with E-state index in [4.69, 9.17) is 0 Å². The Morgan fingerprint density at radius 3 is 2.33 bits per heavy atom. The number of carbonyl (C=O) groups excluding carboxylic acids is 2. The molecule has 0 bridgehead atoms. The van der Waals surface area contributed by atoms with E-state index in [0.717, 1.165) is 0 Å². The number of Topliss-reactive ketones (excluding diaryl/α,β-unsaturated/α-hetero) is 1. The molecule has 0 amide bonds. The number of esters is 1. The maximum absolute atomic E-state index is 11.7. The lowest BCUT2D eigenvalue weighted by atomic mass is 9.99. The Balaban J connectivity index is 3.02. The van der Waals surface area contributed by atoms with E-state index >= 15 is 0 Å². The van der Waals surface area contributed by atoms with Crippen molar-refractivity contribution in [1.29, 1.82) is 0 Å². The van der Waals surface area contributed by atoms with Crippen LogP contribution in [0.3, 0.4) is 0 Å². The summed E-state index contributed by atoms with van der Waals surface area (Å²) in [4.78, 5) is 22.9. The van der Waals surface area contributed by atoms with Crippen molar-refractivity contribution >= 4 is 11.8 Å². The molecule has 15 heavy (non-hydrogen) atoms. The molecule has 3 nitrogen and oxygen atoms in total. The maximum Gasteiger partial charge on any atom is 0.337 e. The summed E-state index contributed by atoms with van der Waals surface area (Å²) in [6, 6.07) is 6.58. The molecule has 1 aromatic rings. The fourth-order valence-electron chi connectivity index (χ4n) is 1.25. The van der Waals surface area contributed by atoms with Crippen molar-refractivity contribution in [3.8, 4) is 0 Å². The van der Waals surface area contributed by atoms with Crippen LogP contribution in [0.1, 0.15) is 34.6 Å². The lowest BCUT2D eigenvalue weighted by molar-refractivity contribution is 0.0600. The lowest BCUT2D eigenvalue weighted by Gasteiger charge is -2.05. The van der Waals surface area contributed by atoms with E-state index in [1.165, 1.54) is 7.11 Å². The van der Waals surface area contributed by atoms with Gasteiger partial charge in [-0.3, -0.25) is 4.79 Å². The number of methoxy groups -OCH3 is 1. The summed E-state index contributed by atoms with van der Waals surface area (Å²) in [6.45, 7) is 3.65. The quantitative estimate of drug-likeness (QED) is 0.563. The highest BCUT2D eigenvalue weighted by Gasteiger charge is 2.12. The van der Waals surface area contributed by atoms with E-state index in [2.05, 4.69) is 4.74 Å². The summed E-state index contributed by atoms with van der Waals surface area (Å²) >= 11 is 0. The van der Waals surface area contributed by atoms with Gasteiger partial charge in [-0.2, -0.15) is 0 Å². The van der Waals surface area contributed by atoms with Gasteiger partial charge in [0.2, 0.25) is 0 Å². The average molecular weight is 206 g/mol. The number of carbonyl (C=O) groups is 2. The zero-order chi connectivity index (χ0) is 11.4. The molecule has 1 rings (SSSR count). The molecule has 0 heterocycles. The molecular weight excluding hydrogens is 192 g/mol. The minimum atomic E-state index is -0.423. The molecule has 80 valence electrons. The molecule has 3 heteroatoms. The van der Waals surface area contributed by atoms with Crippen LogP contribution in [-0.2, 0) is 4.74 Å². The summed E-state index contributed by atoms with van der Waals surface area (Å²) in [6.07, 6.45) is 0. The van der Waals surface area contributed by atoms with Crippen molar-refractivity contribution in [2.24, 2.45) is 5.92 Å². The normalized spacial score (nSPS) is 10.1. The summed E-state index contributed by atoms with van der Waals surface area (Å²) < 4.78 is 4.58. The van der Waals surface area contributed by atoms with Crippen molar-refractivity contribution in [3.63, 3.8) is 0 Å². The predicted octanol–water partition coefficient (Wildman–Crippen LogP) is 2.31. The lowest BCUT2D eigenvalue weighted by Crippen LogP contribution is -2.09. The van der Waals surface area contributed by atoms with Crippen LogP contribution in [0.25, 0.3) is 0 Å². The SMILES string of the molecule is COC(=O)c1cccc(C(=O)C(C)C)c1. The third-order valence-electron chi connectivity index (χ3n) is 2.09. The molecule has 1 aromatic carbocycles. The first kappa shape index (κ1) is 11.4. The molecule has 0 spiro atoms. The van der Waals surface area contributed by atoms with Gasteiger partial charge in [0, 0.05) is 11.5 Å². The van der Waals surface area contributed by atoms with Crippen LogP contribution in [0.15, 0.2) is 24.3 Å². The molecule has 0 saturated heterocycles. The van der Waals surface area contributed by atoms with Gasteiger partial charge in [-0.05, 0) is 12.1 Å². The fourth-order valence-corrected chi connectivity index (χ4v) is 1.25. The van der Waals surface area contributed by atoms with Crippen molar-refractivity contribution in [3.05, 3.63) is 35.4 Å². The van der Waals surface area contributed by atoms with Crippen molar-refractivity contribution in [2.45, 2.75) is 13.8 Å². The fraction of sp³-hybridized carbons (Fsp3) is 0.333. The van der Waals surface area contributed by atoms with Crippen LogP contribution in [0.5, 0.6) is 0 Å². The number of hydrogen-bond acceptors (Lipinski definition) is 3. The third-order valence-corrected chi connectivity index (χ3v) is 2.09. The molecule has 0 aliphatic rings. The summed E-state index contributed by atoms with van der Waals surface area (Å²) in [5, 5.41) is 0. The van der Waals surface area contributed by atoms with Gasteiger partial charge in [-0.1, -0.05) is 26.0 Å². The van der Waals surface area contributed by atoms with E-state index < -0.39 is 5.97 Å². The van der Waals surface area contributed by atoms with Crippen LogP contribution >= 0.6 is 0 Å². The molecule has 0 N–H and O–H groups in total.